The lowest BCUT2D eigenvalue weighted by Gasteiger charge is -2.34. The Labute approximate surface area is 295 Å². The molecule has 0 aromatic heterocycles. The van der Waals surface area contributed by atoms with Gasteiger partial charge in [-0.1, -0.05) is 174 Å². The van der Waals surface area contributed by atoms with Crippen molar-refractivity contribution >= 4 is 49.4 Å². The van der Waals surface area contributed by atoms with Crippen LogP contribution in [0.5, 0.6) is 0 Å². The van der Waals surface area contributed by atoms with Gasteiger partial charge in [0.1, 0.15) is 0 Å². The van der Waals surface area contributed by atoms with Crippen molar-refractivity contribution in [2.45, 2.75) is 45.4 Å². The lowest BCUT2D eigenvalue weighted by molar-refractivity contribution is 0.592. The van der Waals surface area contributed by atoms with E-state index in [9.17, 15) is 0 Å². The molecule has 8 aromatic rings. The van der Waals surface area contributed by atoms with Crippen LogP contribution in [0.2, 0.25) is 0 Å². The van der Waals surface area contributed by atoms with E-state index in [4.69, 9.17) is 0 Å². The van der Waals surface area contributed by atoms with E-state index in [1.165, 1.54) is 88.3 Å². The van der Waals surface area contributed by atoms with Crippen LogP contribution in [0.4, 0.5) is 17.1 Å². The molecule has 1 nitrogen and oxygen atoms in total. The minimum atomic E-state index is -0.118. The second kappa shape index (κ2) is 11.2. The summed E-state index contributed by atoms with van der Waals surface area (Å²) in [4.78, 5) is 2.59. The number of nitrogens with zero attached hydrogens (tertiary/aromatic N) is 1. The molecule has 9 rings (SSSR count). The van der Waals surface area contributed by atoms with Crippen molar-refractivity contribution in [1.29, 1.82) is 0 Å². The minimum Gasteiger partial charge on any atom is -0.309 e. The molecule has 50 heavy (non-hydrogen) atoms. The van der Waals surface area contributed by atoms with Gasteiger partial charge in [-0.15, -0.1) is 0 Å². The van der Waals surface area contributed by atoms with Crippen LogP contribution in [-0.2, 0) is 10.8 Å². The average molecular weight is 644 g/mol. The fourth-order valence-electron chi connectivity index (χ4n) is 8.61. The topological polar surface area (TPSA) is 3.24 Å². The summed E-state index contributed by atoms with van der Waals surface area (Å²) in [5.74, 6) is 0. The molecule has 0 unspecified atom stereocenters. The van der Waals surface area contributed by atoms with Gasteiger partial charge in [-0.3, -0.25) is 0 Å². The summed E-state index contributed by atoms with van der Waals surface area (Å²) in [6, 6.07) is 58.7. The van der Waals surface area contributed by atoms with Gasteiger partial charge in [-0.05, 0) is 78.4 Å². The zero-order valence-electron chi connectivity index (χ0n) is 29.5. The molecule has 8 aromatic carbocycles. The first-order chi connectivity index (χ1) is 24.2. The second-order valence-electron chi connectivity index (χ2n) is 15.3. The fourth-order valence-corrected chi connectivity index (χ4v) is 8.61. The summed E-state index contributed by atoms with van der Waals surface area (Å²) in [5, 5.41) is 7.60. The van der Waals surface area contributed by atoms with Crippen LogP contribution < -0.4 is 4.90 Å². The van der Waals surface area contributed by atoms with Crippen molar-refractivity contribution in [3.63, 3.8) is 0 Å². The Bertz CT molecular complexity index is 2600. The lowest BCUT2D eigenvalue weighted by atomic mass is 9.80. The quantitative estimate of drug-likeness (QED) is 0.173. The highest BCUT2D eigenvalue weighted by Crippen LogP contribution is 2.56. The van der Waals surface area contributed by atoms with Crippen molar-refractivity contribution in [3.8, 4) is 22.3 Å². The van der Waals surface area contributed by atoms with Crippen molar-refractivity contribution in [3.05, 3.63) is 174 Å². The molecule has 0 saturated carbocycles. The van der Waals surface area contributed by atoms with Gasteiger partial charge in [0, 0.05) is 21.9 Å². The zero-order chi connectivity index (χ0) is 34.2. The van der Waals surface area contributed by atoms with E-state index in [1.54, 1.807) is 0 Å². The first-order valence-electron chi connectivity index (χ1n) is 17.8. The van der Waals surface area contributed by atoms with Crippen LogP contribution in [0.25, 0.3) is 54.6 Å². The molecule has 0 N–H and O–H groups in total. The van der Waals surface area contributed by atoms with E-state index in [-0.39, 0.29) is 10.8 Å². The molecule has 0 amide bonds. The van der Waals surface area contributed by atoms with Crippen molar-refractivity contribution in [1.82, 2.24) is 0 Å². The van der Waals surface area contributed by atoms with E-state index in [2.05, 4.69) is 197 Å². The fraction of sp³-hybridized carbons (Fsp3) is 0.143. The van der Waals surface area contributed by atoms with Gasteiger partial charge in [0.25, 0.3) is 0 Å². The molecule has 1 heteroatoms. The smallest absolute Gasteiger partial charge is 0.0546 e. The monoisotopic (exact) mass is 643 g/mol. The third-order valence-corrected chi connectivity index (χ3v) is 10.9. The molecule has 0 aliphatic heterocycles. The Morgan fingerprint density at radius 2 is 1.06 bits per heavy atom. The number of anilines is 3. The first-order valence-corrected chi connectivity index (χ1v) is 17.8. The molecule has 1 aliphatic carbocycles. The molecule has 0 heterocycles. The van der Waals surface area contributed by atoms with E-state index < -0.39 is 0 Å². The van der Waals surface area contributed by atoms with E-state index in [1.807, 2.05) is 0 Å². The Morgan fingerprint density at radius 1 is 0.460 bits per heavy atom. The second-order valence-corrected chi connectivity index (χ2v) is 15.3. The number of rotatable bonds is 4. The van der Waals surface area contributed by atoms with Crippen molar-refractivity contribution in [2.75, 3.05) is 4.90 Å². The SMILES string of the molecule is CC(C)(C)c1cccc(N(c2cccc3c2-c2ccccc2C3(C)C)c2cc3ccc4ccccc4c3c3ccccc23)c1-c1ccccc1. The number of fused-ring (bicyclic) bond motifs is 8. The minimum absolute atomic E-state index is 0.0789. The maximum atomic E-state index is 2.59. The summed E-state index contributed by atoms with van der Waals surface area (Å²) >= 11 is 0. The molecular weight excluding hydrogens is 603 g/mol. The molecule has 0 saturated heterocycles. The summed E-state index contributed by atoms with van der Waals surface area (Å²) in [7, 11) is 0. The van der Waals surface area contributed by atoms with E-state index in [0.29, 0.717) is 0 Å². The van der Waals surface area contributed by atoms with Gasteiger partial charge < -0.3 is 4.90 Å². The van der Waals surface area contributed by atoms with Crippen LogP contribution in [-0.4, -0.2) is 0 Å². The highest BCUT2D eigenvalue weighted by molar-refractivity contribution is 6.24. The van der Waals surface area contributed by atoms with Gasteiger partial charge in [0.2, 0.25) is 0 Å². The summed E-state index contributed by atoms with van der Waals surface area (Å²) < 4.78 is 0. The summed E-state index contributed by atoms with van der Waals surface area (Å²) in [6.07, 6.45) is 0. The normalized spacial score (nSPS) is 13.5. The molecular formula is C49H41N. The van der Waals surface area contributed by atoms with Gasteiger partial charge in [-0.2, -0.15) is 0 Å². The molecule has 0 spiro atoms. The Kier molecular flexibility index (Phi) is 6.80. The van der Waals surface area contributed by atoms with E-state index in [0.717, 1.165) is 0 Å². The highest BCUT2D eigenvalue weighted by atomic mass is 15.2. The highest BCUT2D eigenvalue weighted by Gasteiger charge is 2.38. The Balaban J connectivity index is 1.47. The number of benzene rings is 8. The van der Waals surface area contributed by atoms with Crippen LogP contribution in [0.15, 0.2) is 158 Å². The van der Waals surface area contributed by atoms with Gasteiger partial charge in [0.15, 0.2) is 0 Å². The predicted molar refractivity (Wildman–Crippen MR) is 215 cm³/mol. The number of hydrogen-bond acceptors (Lipinski definition) is 1. The van der Waals surface area contributed by atoms with Crippen molar-refractivity contribution < 1.29 is 0 Å². The van der Waals surface area contributed by atoms with Crippen LogP contribution in [0, 0.1) is 0 Å². The molecule has 0 fully saturated rings. The molecule has 0 bridgehead atoms. The summed E-state index contributed by atoms with van der Waals surface area (Å²) in [5.41, 5.74) is 12.6. The maximum absolute atomic E-state index is 2.59. The average Bonchev–Trinajstić information content (AvgIpc) is 3.38. The first kappa shape index (κ1) is 30.4. The van der Waals surface area contributed by atoms with Crippen molar-refractivity contribution in [2.24, 2.45) is 0 Å². The third kappa shape index (κ3) is 4.53. The molecule has 0 radical (unpaired) electrons. The van der Waals surface area contributed by atoms with E-state index >= 15 is 0 Å². The Hall–Kier alpha value is -5.66. The third-order valence-electron chi connectivity index (χ3n) is 10.9. The molecule has 242 valence electrons. The molecule has 1 aliphatic rings. The number of hydrogen-bond donors (Lipinski definition) is 0. The maximum Gasteiger partial charge on any atom is 0.0546 e. The van der Waals surface area contributed by atoms with Gasteiger partial charge in [-0.25, -0.2) is 0 Å². The van der Waals surface area contributed by atoms with Crippen LogP contribution >= 0.6 is 0 Å². The largest absolute Gasteiger partial charge is 0.309 e. The van der Waals surface area contributed by atoms with Crippen LogP contribution in [0.1, 0.15) is 51.3 Å². The Morgan fingerprint density at radius 3 is 1.84 bits per heavy atom. The van der Waals surface area contributed by atoms with Crippen LogP contribution in [0.3, 0.4) is 0 Å². The van der Waals surface area contributed by atoms with Gasteiger partial charge >= 0.3 is 0 Å². The predicted octanol–water partition coefficient (Wildman–Crippen LogP) is 13.9. The standard InChI is InChI=1S/C49H41N/c1-48(2,3)40-25-15-27-42(46(40)33-18-7-6-8-19-33)50(43-28-16-26-41-47(43)38-23-13-14-24-39(38)49(41,4)5)44-31-34-30-29-32-17-9-10-20-35(32)45(34)37-22-12-11-21-36(37)44/h6-31H,1-5H3. The molecule has 0 atom stereocenters. The summed E-state index contributed by atoms with van der Waals surface area (Å²) in [6.45, 7) is 11.7. The zero-order valence-corrected chi connectivity index (χ0v) is 29.5. The lowest BCUT2D eigenvalue weighted by Crippen LogP contribution is -2.18. The van der Waals surface area contributed by atoms with Gasteiger partial charge in [0.05, 0.1) is 17.1 Å².